The number of benzene rings is 2. The van der Waals surface area contributed by atoms with Crippen LogP contribution >= 0.6 is 0 Å². The van der Waals surface area contributed by atoms with Gasteiger partial charge in [-0.1, -0.05) is 30.3 Å². The van der Waals surface area contributed by atoms with Gasteiger partial charge in [-0.15, -0.1) is 0 Å². The molecule has 2 N–H and O–H groups in total. The van der Waals surface area contributed by atoms with Crippen molar-refractivity contribution in [3.63, 3.8) is 0 Å². The van der Waals surface area contributed by atoms with Crippen molar-refractivity contribution >= 4 is 23.4 Å². The normalized spacial score (nSPS) is 16.2. The van der Waals surface area contributed by atoms with Crippen LogP contribution in [-0.4, -0.2) is 74.6 Å². The number of nitrogens with one attached hydrogen (secondary N) is 2. The minimum Gasteiger partial charge on any atom is -0.493 e. The van der Waals surface area contributed by atoms with Crippen molar-refractivity contribution in [1.82, 2.24) is 34.7 Å². The van der Waals surface area contributed by atoms with Gasteiger partial charge in [0.1, 0.15) is 28.7 Å². The minimum absolute atomic E-state index is 0.0910. The van der Waals surface area contributed by atoms with Crippen LogP contribution in [0.5, 0.6) is 11.5 Å². The topological polar surface area (TPSA) is 145 Å². The number of oxazole rings is 1. The molecule has 1 atom stereocenters. The average Bonchev–Trinajstić information content (AvgIpc) is 3.76. The van der Waals surface area contributed by atoms with E-state index in [-0.39, 0.29) is 44.5 Å². The smallest absolute Gasteiger partial charge is 0.259 e. The highest BCUT2D eigenvalue weighted by atomic mass is 16.5. The van der Waals surface area contributed by atoms with Crippen LogP contribution in [0.3, 0.4) is 0 Å². The zero-order valence-electron chi connectivity index (χ0n) is 25.9. The van der Waals surface area contributed by atoms with E-state index >= 15 is 0 Å². The number of rotatable bonds is 4. The Morgan fingerprint density at radius 1 is 1.13 bits per heavy atom. The number of amides is 3. The predicted molar refractivity (Wildman–Crippen MR) is 167 cm³/mol. The number of aromatic nitrogens is 4. The Labute approximate surface area is 265 Å². The number of fused-ring (bicyclic) bond motifs is 6. The molecule has 0 fully saturated rings. The number of nitrogens with zero attached hydrogens (tertiary/aromatic N) is 5. The highest BCUT2D eigenvalue weighted by Gasteiger charge is 2.27. The molecule has 46 heavy (non-hydrogen) atoms. The number of carbonyl (C=O) groups is 3. The van der Waals surface area contributed by atoms with E-state index in [1.165, 1.54) is 11.1 Å². The quantitative estimate of drug-likeness (QED) is 0.310. The Bertz CT molecular complexity index is 1880. The van der Waals surface area contributed by atoms with Gasteiger partial charge in [0.2, 0.25) is 17.7 Å². The van der Waals surface area contributed by atoms with Crippen molar-refractivity contribution in [3.8, 4) is 23.0 Å². The van der Waals surface area contributed by atoms with E-state index in [0.717, 1.165) is 5.56 Å². The summed E-state index contributed by atoms with van der Waals surface area (Å²) in [4.78, 5) is 47.1. The molecule has 0 spiro atoms. The summed E-state index contributed by atoms with van der Waals surface area (Å²) in [6.45, 7) is 2.03. The van der Waals surface area contributed by atoms with E-state index < -0.39 is 11.9 Å². The molecule has 0 unspecified atom stereocenters. The monoisotopic (exact) mass is 625 g/mol. The van der Waals surface area contributed by atoms with E-state index in [4.69, 9.17) is 13.9 Å². The molecular formula is C33H35N7O6. The number of carbonyl (C=O) groups excluding carboxylic acids is 3. The highest BCUT2D eigenvalue weighted by Crippen LogP contribution is 2.33. The van der Waals surface area contributed by atoms with Crippen molar-refractivity contribution in [2.75, 3.05) is 26.8 Å². The molecule has 3 aromatic heterocycles. The van der Waals surface area contributed by atoms with E-state index in [9.17, 15) is 14.4 Å². The largest absolute Gasteiger partial charge is 0.493 e. The second kappa shape index (κ2) is 13.2. The number of ether oxygens (including phenoxy) is 2. The molecule has 0 saturated heterocycles. The lowest BCUT2D eigenvalue weighted by molar-refractivity contribution is -0.129. The summed E-state index contributed by atoms with van der Waals surface area (Å²) in [5, 5.41) is 10.1. The fraction of sp³-hybridized carbons (Fsp3) is 0.303. The lowest BCUT2D eigenvalue weighted by Gasteiger charge is -2.24. The third kappa shape index (κ3) is 6.43. The van der Waals surface area contributed by atoms with Crippen LogP contribution < -0.4 is 20.1 Å². The van der Waals surface area contributed by atoms with Crippen LogP contribution in [0, 0.1) is 6.92 Å². The Kier molecular flexibility index (Phi) is 8.72. The van der Waals surface area contributed by atoms with Gasteiger partial charge in [-0.25, -0.2) is 9.50 Å². The maximum absolute atomic E-state index is 13.9. The number of hydrogen-bond donors (Lipinski definition) is 2. The van der Waals surface area contributed by atoms with Crippen molar-refractivity contribution in [1.29, 1.82) is 0 Å². The molecule has 1 aliphatic rings. The molecule has 5 aromatic rings. The first-order chi connectivity index (χ1) is 22.3. The SMILES string of the molecule is COc1ccc2cc1OCCCN(C(=O)c1cnn3ccn(C)c13)CC(=O)N[C@H](Cc1ccccc1)C(=O)NCc1nc-2oc1C. The van der Waals surface area contributed by atoms with Gasteiger partial charge in [0, 0.05) is 38.0 Å². The van der Waals surface area contributed by atoms with Crippen LogP contribution in [0.25, 0.3) is 17.1 Å². The number of aryl methyl sites for hydroxylation is 2. The van der Waals surface area contributed by atoms with Gasteiger partial charge in [-0.2, -0.15) is 5.10 Å². The van der Waals surface area contributed by atoms with E-state index in [1.807, 2.05) is 43.4 Å². The van der Waals surface area contributed by atoms with Crippen molar-refractivity contribution in [3.05, 3.63) is 89.7 Å². The van der Waals surface area contributed by atoms with Crippen LogP contribution in [0.15, 0.2) is 71.5 Å². The van der Waals surface area contributed by atoms with Gasteiger partial charge >= 0.3 is 0 Å². The molecule has 2 aromatic carbocycles. The van der Waals surface area contributed by atoms with Crippen LogP contribution in [0.1, 0.15) is 33.8 Å². The number of methoxy groups -OCH3 is 1. The molecule has 13 nitrogen and oxygen atoms in total. The van der Waals surface area contributed by atoms with Crippen LogP contribution in [-0.2, 0) is 29.6 Å². The van der Waals surface area contributed by atoms with Crippen molar-refractivity contribution in [2.24, 2.45) is 7.05 Å². The minimum atomic E-state index is -0.902. The van der Waals surface area contributed by atoms with Crippen molar-refractivity contribution < 1.29 is 28.3 Å². The second-order valence-electron chi connectivity index (χ2n) is 11.1. The summed E-state index contributed by atoms with van der Waals surface area (Å²) in [5.74, 6) is 0.703. The van der Waals surface area contributed by atoms with Gasteiger partial charge in [0.15, 0.2) is 11.5 Å². The van der Waals surface area contributed by atoms with Crippen LogP contribution in [0.4, 0.5) is 0 Å². The average molecular weight is 626 g/mol. The first kappa shape index (κ1) is 30.4. The molecule has 0 radical (unpaired) electrons. The highest BCUT2D eigenvalue weighted by molar-refractivity contribution is 6.01. The Hall–Kier alpha value is -5.59. The molecule has 238 valence electrons. The molecule has 0 saturated carbocycles. The zero-order chi connectivity index (χ0) is 32.2. The summed E-state index contributed by atoms with van der Waals surface area (Å²) in [6.07, 6.45) is 5.70. The van der Waals surface area contributed by atoms with E-state index in [0.29, 0.717) is 52.0 Å². The van der Waals surface area contributed by atoms with Crippen molar-refractivity contribution in [2.45, 2.75) is 32.4 Å². The summed E-state index contributed by atoms with van der Waals surface area (Å²) in [7, 11) is 3.37. The summed E-state index contributed by atoms with van der Waals surface area (Å²) < 4.78 is 21.0. The summed E-state index contributed by atoms with van der Waals surface area (Å²) in [5.41, 5.74) is 3.06. The fourth-order valence-electron chi connectivity index (χ4n) is 5.47. The molecule has 4 heterocycles. The molecule has 13 heteroatoms. The van der Waals surface area contributed by atoms with Gasteiger partial charge in [-0.05, 0) is 37.1 Å². The molecule has 3 amide bonds. The second-order valence-corrected chi connectivity index (χ2v) is 11.1. The lowest BCUT2D eigenvalue weighted by atomic mass is 10.0. The van der Waals surface area contributed by atoms with Crippen LogP contribution in [0.2, 0.25) is 0 Å². The lowest BCUT2D eigenvalue weighted by Crippen LogP contribution is -2.51. The van der Waals surface area contributed by atoms with E-state index in [2.05, 4.69) is 20.7 Å². The Morgan fingerprint density at radius 3 is 2.76 bits per heavy atom. The fourth-order valence-corrected chi connectivity index (χ4v) is 5.47. The van der Waals surface area contributed by atoms with Gasteiger partial charge in [0.25, 0.3) is 5.91 Å². The number of imidazole rings is 1. The maximum Gasteiger partial charge on any atom is 0.259 e. The summed E-state index contributed by atoms with van der Waals surface area (Å²) >= 11 is 0. The predicted octanol–water partition coefficient (Wildman–Crippen LogP) is 2.91. The summed E-state index contributed by atoms with van der Waals surface area (Å²) in [6, 6.07) is 13.9. The zero-order valence-corrected chi connectivity index (χ0v) is 25.9. The molecular weight excluding hydrogens is 590 g/mol. The Balaban J connectivity index is 1.32. The van der Waals surface area contributed by atoms with Gasteiger partial charge in [-0.3, -0.25) is 14.4 Å². The van der Waals surface area contributed by atoms with E-state index in [1.54, 1.807) is 47.6 Å². The third-order valence-corrected chi connectivity index (χ3v) is 7.88. The molecule has 4 bridgehead atoms. The molecule has 0 aliphatic carbocycles. The number of hydrogen-bond acceptors (Lipinski definition) is 8. The maximum atomic E-state index is 13.9. The molecule has 6 rings (SSSR count). The third-order valence-electron chi connectivity index (χ3n) is 7.88. The first-order valence-electron chi connectivity index (χ1n) is 15.0. The van der Waals surface area contributed by atoms with Gasteiger partial charge in [0.05, 0.1) is 33.0 Å². The standard InChI is InChI=1S/C33H35N7O6/c1-21-26-19-34-30(42)25(16-22-8-5-4-6-9-22)36-29(41)20-39(33(43)24-18-35-40-14-13-38(2)32(24)40)12-7-15-45-28-17-23(31(37-26)46-21)10-11-27(28)44-3/h4-6,8-11,13-14,17-18,25H,7,12,15-16,19-20H2,1-3H3,(H,34,42)(H,36,41)/t25-/m1/s1. The Morgan fingerprint density at radius 2 is 1.96 bits per heavy atom. The molecule has 1 aliphatic heterocycles. The van der Waals surface area contributed by atoms with Gasteiger partial charge < -0.3 is 34.0 Å². The first-order valence-corrected chi connectivity index (χ1v) is 15.0.